The van der Waals surface area contributed by atoms with E-state index in [0.29, 0.717) is 4.73 Å². The van der Waals surface area contributed by atoms with Crippen LogP contribution in [0.4, 0.5) is 5.69 Å². The van der Waals surface area contributed by atoms with Crippen LogP contribution in [0.2, 0.25) is 0 Å². The van der Waals surface area contributed by atoms with E-state index in [1.54, 1.807) is 24.3 Å². The van der Waals surface area contributed by atoms with Gasteiger partial charge in [0.25, 0.3) is 5.69 Å². The monoisotopic (exact) mass is 286 g/mol. The van der Waals surface area contributed by atoms with Gasteiger partial charge in [0.05, 0.1) is 5.69 Å². The summed E-state index contributed by atoms with van der Waals surface area (Å²) in [5.74, 6) is -0.600. The van der Waals surface area contributed by atoms with E-state index in [2.05, 4.69) is 5.32 Å². The number of hydrogen-bond donors (Lipinski definition) is 2. The summed E-state index contributed by atoms with van der Waals surface area (Å²) >= 11 is 0. The second-order valence-corrected chi connectivity index (χ2v) is 5.85. The van der Waals surface area contributed by atoms with Crippen LogP contribution in [0.5, 0.6) is 5.75 Å². The van der Waals surface area contributed by atoms with Crippen LogP contribution in [0.1, 0.15) is 36.8 Å². The van der Waals surface area contributed by atoms with Crippen molar-refractivity contribution < 1.29 is 14.6 Å². The summed E-state index contributed by atoms with van der Waals surface area (Å²) in [5.41, 5.74) is 1.12. The zero-order valence-electron chi connectivity index (χ0n) is 12.3. The number of phenols is 1. The molecular formula is C16H18N2O3. The molecule has 1 aromatic heterocycles. The number of aromatic nitrogens is 1. The zero-order valence-corrected chi connectivity index (χ0v) is 12.3. The van der Waals surface area contributed by atoms with E-state index in [0.717, 1.165) is 5.56 Å². The molecule has 0 saturated heterocycles. The molecule has 2 rings (SSSR count). The largest absolute Gasteiger partial charge is 0.618 e. The molecule has 0 fully saturated rings. The molecule has 0 unspecified atom stereocenters. The molecule has 0 aliphatic rings. The Labute approximate surface area is 123 Å². The number of carbonyl (C=O) groups excluding carboxylic acids is 1. The lowest BCUT2D eigenvalue weighted by molar-refractivity contribution is -0.607. The number of pyridine rings is 1. The van der Waals surface area contributed by atoms with Gasteiger partial charge in [-0.25, -0.2) is 0 Å². The summed E-state index contributed by atoms with van der Waals surface area (Å²) in [6.07, 6.45) is 1.25. The first-order chi connectivity index (χ1) is 9.79. The third-order valence-corrected chi connectivity index (χ3v) is 3.17. The van der Waals surface area contributed by atoms with Crippen LogP contribution in [0, 0.1) is 5.21 Å². The summed E-state index contributed by atoms with van der Waals surface area (Å²) in [5, 5.41) is 24.0. The standard InChI is InChI=1S/C16H18N2O3/c1-16(2,3)11-7-8-14(19)12(10-11)17-15(20)13-6-4-5-9-18(13)21/h4-10,19H,1-3H3,(H,17,20). The molecule has 5 heteroatoms. The third kappa shape index (κ3) is 3.31. The number of amides is 1. The quantitative estimate of drug-likeness (QED) is 0.506. The fraction of sp³-hybridized carbons (Fsp3) is 0.250. The highest BCUT2D eigenvalue weighted by atomic mass is 16.5. The van der Waals surface area contributed by atoms with E-state index in [4.69, 9.17) is 0 Å². The first kappa shape index (κ1) is 14.8. The second-order valence-electron chi connectivity index (χ2n) is 5.85. The highest BCUT2D eigenvalue weighted by Gasteiger charge is 2.19. The number of carbonyl (C=O) groups is 1. The first-order valence-electron chi connectivity index (χ1n) is 6.62. The average molecular weight is 286 g/mol. The summed E-state index contributed by atoms with van der Waals surface area (Å²) in [7, 11) is 0. The number of hydrogen-bond acceptors (Lipinski definition) is 3. The van der Waals surface area contributed by atoms with Crippen molar-refractivity contribution in [2.75, 3.05) is 5.32 Å². The van der Waals surface area contributed by atoms with E-state index in [-0.39, 0.29) is 22.5 Å². The molecule has 1 heterocycles. The Kier molecular flexibility index (Phi) is 3.84. The highest BCUT2D eigenvalue weighted by molar-refractivity contribution is 6.02. The molecule has 0 spiro atoms. The number of nitrogens with one attached hydrogen (secondary N) is 1. The zero-order chi connectivity index (χ0) is 15.6. The van der Waals surface area contributed by atoms with Gasteiger partial charge in [0, 0.05) is 12.1 Å². The molecule has 2 aromatic rings. The molecule has 1 aromatic carbocycles. The van der Waals surface area contributed by atoms with Crippen molar-refractivity contribution in [3.8, 4) is 5.75 Å². The minimum Gasteiger partial charge on any atom is -0.618 e. The summed E-state index contributed by atoms with van der Waals surface area (Å²) in [4.78, 5) is 12.1. The van der Waals surface area contributed by atoms with Crippen molar-refractivity contribution in [1.82, 2.24) is 0 Å². The molecule has 1 amide bonds. The smallest absolute Gasteiger partial charge is 0.321 e. The number of anilines is 1. The Hall–Kier alpha value is -2.56. The molecule has 0 aliphatic heterocycles. The van der Waals surface area contributed by atoms with Gasteiger partial charge < -0.3 is 15.6 Å². The number of benzene rings is 1. The number of rotatable bonds is 2. The predicted octanol–water partition coefficient (Wildman–Crippen LogP) is 2.58. The van der Waals surface area contributed by atoms with Gasteiger partial charge in [-0.3, -0.25) is 4.79 Å². The van der Waals surface area contributed by atoms with Gasteiger partial charge in [-0.05, 0) is 29.2 Å². The van der Waals surface area contributed by atoms with Gasteiger partial charge in [0.1, 0.15) is 5.75 Å². The van der Waals surface area contributed by atoms with Crippen molar-refractivity contribution in [1.29, 1.82) is 0 Å². The van der Waals surface area contributed by atoms with Crippen molar-refractivity contribution >= 4 is 11.6 Å². The molecule has 0 atom stereocenters. The van der Waals surface area contributed by atoms with Gasteiger partial charge in [-0.15, -0.1) is 0 Å². The fourth-order valence-corrected chi connectivity index (χ4v) is 1.89. The van der Waals surface area contributed by atoms with Crippen LogP contribution in [-0.2, 0) is 5.41 Å². The summed E-state index contributed by atoms with van der Waals surface area (Å²) in [6, 6.07) is 9.63. The number of nitrogens with zero attached hydrogens (tertiary/aromatic N) is 1. The Morgan fingerprint density at radius 1 is 1.24 bits per heavy atom. The topological polar surface area (TPSA) is 76.3 Å². The highest BCUT2D eigenvalue weighted by Crippen LogP contribution is 2.30. The molecule has 0 radical (unpaired) electrons. The normalized spacial score (nSPS) is 11.2. The average Bonchev–Trinajstić information content (AvgIpc) is 2.40. The van der Waals surface area contributed by atoms with Gasteiger partial charge in [-0.1, -0.05) is 26.8 Å². The lowest BCUT2D eigenvalue weighted by atomic mass is 9.87. The molecule has 0 aliphatic carbocycles. The Morgan fingerprint density at radius 3 is 2.57 bits per heavy atom. The van der Waals surface area contributed by atoms with Crippen LogP contribution in [0.25, 0.3) is 0 Å². The Morgan fingerprint density at radius 2 is 1.95 bits per heavy atom. The maximum Gasteiger partial charge on any atom is 0.321 e. The maximum absolute atomic E-state index is 12.1. The molecule has 5 nitrogen and oxygen atoms in total. The van der Waals surface area contributed by atoms with Crippen molar-refractivity contribution in [3.05, 3.63) is 59.1 Å². The SMILES string of the molecule is CC(C)(C)c1ccc(O)c(NC(=O)c2cccc[n+]2[O-])c1. The molecule has 0 bridgehead atoms. The van der Waals surface area contributed by atoms with Crippen LogP contribution in [0.15, 0.2) is 42.6 Å². The third-order valence-electron chi connectivity index (χ3n) is 3.17. The van der Waals surface area contributed by atoms with Crippen LogP contribution in [-0.4, -0.2) is 11.0 Å². The summed E-state index contributed by atoms with van der Waals surface area (Å²) in [6.45, 7) is 6.11. The van der Waals surface area contributed by atoms with E-state index < -0.39 is 5.91 Å². The maximum atomic E-state index is 12.1. The van der Waals surface area contributed by atoms with E-state index in [1.165, 1.54) is 18.3 Å². The lowest BCUT2D eigenvalue weighted by Gasteiger charge is -2.20. The molecule has 110 valence electrons. The van der Waals surface area contributed by atoms with Crippen LogP contribution < -0.4 is 10.0 Å². The molecular weight excluding hydrogens is 268 g/mol. The summed E-state index contributed by atoms with van der Waals surface area (Å²) < 4.78 is 0.486. The van der Waals surface area contributed by atoms with Crippen LogP contribution in [0.3, 0.4) is 0 Å². The Bertz CT molecular complexity index is 675. The van der Waals surface area contributed by atoms with Crippen molar-refractivity contribution in [3.63, 3.8) is 0 Å². The molecule has 0 saturated carbocycles. The van der Waals surface area contributed by atoms with Gasteiger partial charge >= 0.3 is 5.91 Å². The minimum atomic E-state index is -0.563. The molecule has 21 heavy (non-hydrogen) atoms. The number of aromatic hydroxyl groups is 1. The second kappa shape index (κ2) is 5.44. The lowest BCUT2D eigenvalue weighted by Crippen LogP contribution is -2.36. The van der Waals surface area contributed by atoms with E-state index in [9.17, 15) is 15.1 Å². The van der Waals surface area contributed by atoms with Crippen molar-refractivity contribution in [2.24, 2.45) is 0 Å². The van der Waals surface area contributed by atoms with Gasteiger partial charge in [0.15, 0.2) is 6.20 Å². The van der Waals surface area contributed by atoms with E-state index in [1.807, 2.05) is 20.8 Å². The van der Waals surface area contributed by atoms with Gasteiger partial charge in [-0.2, -0.15) is 4.73 Å². The van der Waals surface area contributed by atoms with E-state index >= 15 is 0 Å². The van der Waals surface area contributed by atoms with Gasteiger partial charge in [0.2, 0.25) is 0 Å². The molecule has 2 N–H and O–H groups in total. The van der Waals surface area contributed by atoms with Crippen LogP contribution >= 0.6 is 0 Å². The number of phenolic OH excluding ortho intramolecular Hbond substituents is 1. The Balaban J connectivity index is 2.31. The first-order valence-corrected chi connectivity index (χ1v) is 6.62. The predicted molar refractivity (Wildman–Crippen MR) is 80.2 cm³/mol. The fourth-order valence-electron chi connectivity index (χ4n) is 1.89. The van der Waals surface area contributed by atoms with Crippen molar-refractivity contribution in [2.45, 2.75) is 26.2 Å². The minimum absolute atomic E-state index is 0.0296.